The normalized spacial score (nSPS) is 12.0. The highest BCUT2D eigenvalue weighted by molar-refractivity contribution is 7.90. The van der Waals surface area contributed by atoms with Gasteiger partial charge in [-0.05, 0) is 19.1 Å². The molecule has 0 spiro atoms. The first-order chi connectivity index (χ1) is 10.3. The molecule has 0 atom stereocenters. The molecular formula is C13H10Cl2N4O2S. The summed E-state index contributed by atoms with van der Waals surface area (Å²) in [4.78, 5) is 7.87. The second-order valence-corrected chi connectivity index (χ2v) is 7.43. The van der Waals surface area contributed by atoms with Crippen molar-refractivity contribution in [3.63, 3.8) is 0 Å². The van der Waals surface area contributed by atoms with Crippen molar-refractivity contribution in [1.29, 1.82) is 0 Å². The van der Waals surface area contributed by atoms with E-state index < -0.39 is 9.84 Å². The number of benzene rings is 1. The molecule has 3 aromatic rings. The topological polar surface area (TPSA) is 77.7 Å². The molecule has 0 amide bonds. The average Bonchev–Trinajstić information content (AvgIpc) is 2.78. The van der Waals surface area contributed by atoms with Crippen molar-refractivity contribution in [2.45, 2.75) is 12.1 Å². The van der Waals surface area contributed by atoms with Crippen LogP contribution >= 0.6 is 23.2 Å². The van der Waals surface area contributed by atoms with E-state index in [0.717, 1.165) is 11.9 Å². The zero-order chi connectivity index (χ0) is 16.1. The van der Waals surface area contributed by atoms with Crippen LogP contribution in [-0.2, 0) is 9.84 Å². The molecule has 114 valence electrons. The van der Waals surface area contributed by atoms with Crippen LogP contribution in [0.5, 0.6) is 0 Å². The smallest absolute Gasteiger partial charge is 0.234 e. The van der Waals surface area contributed by atoms with E-state index in [0.29, 0.717) is 21.1 Å². The number of aryl methyl sites for hydroxylation is 1. The molecule has 1 aromatic carbocycles. The summed E-state index contributed by atoms with van der Waals surface area (Å²) in [6, 6.07) is 5.19. The van der Waals surface area contributed by atoms with Crippen molar-refractivity contribution >= 4 is 44.1 Å². The molecule has 0 radical (unpaired) electrons. The van der Waals surface area contributed by atoms with Gasteiger partial charge in [-0.25, -0.2) is 18.1 Å². The summed E-state index contributed by atoms with van der Waals surface area (Å²) in [7, 11) is -3.50. The van der Waals surface area contributed by atoms with Gasteiger partial charge in [-0.3, -0.25) is 0 Å². The minimum atomic E-state index is -3.50. The second kappa shape index (κ2) is 5.19. The van der Waals surface area contributed by atoms with Gasteiger partial charge in [-0.15, -0.1) is 5.10 Å². The molecule has 9 heteroatoms. The molecule has 22 heavy (non-hydrogen) atoms. The lowest BCUT2D eigenvalue weighted by atomic mass is 10.3. The van der Waals surface area contributed by atoms with Gasteiger partial charge in [0.1, 0.15) is 0 Å². The average molecular weight is 357 g/mol. The van der Waals surface area contributed by atoms with Crippen LogP contribution in [0.15, 0.2) is 29.6 Å². The van der Waals surface area contributed by atoms with Crippen molar-refractivity contribution in [1.82, 2.24) is 19.7 Å². The lowest BCUT2D eigenvalue weighted by Gasteiger charge is -2.07. The number of sulfone groups is 1. The van der Waals surface area contributed by atoms with Crippen LogP contribution in [-0.4, -0.2) is 34.4 Å². The van der Waals surface area contributed by atoms with E-state index in [9.17, 15) is 8.42 Å². The Balaban J connectivity index is 2.28. The van der Waals surface area contributed by atoms with Crippen LogP contribution in [0.25, 0.3) is 16.7 Å². The van der Waals surface area contributed by atoms with Crippen molar-refractivity contribution in [2.75, 3.05) is 6.26 Å². The Bertz CT molecular complexity index is 999. The minimum absolute atomic E-state index is 0.262. The van der Waals surface area contributed by atoms with Crippen molar-refractivity contribution in [2.24, 2.45) is 0 Å². The predicted molar refractivity (Wildman–Crippen MR) is 84.5 cm³/mol. The van der Waals surface area contributed by atoms with E-state index in [-0.39, 0.29) is 10.8 Å². The number of halogens is 2. The zero-order valence-corrected chi connectivity index (χ0v) is 13.9. The molecule has 0 bridgehead atoms. The van der Waals surface area contributed by atoms with Gasteiger partial charge in [0.15, 0.2) is 5.65 Å². The van der Waals surface area contributed by atoms with Gasteiger partial charge in [-0.2, -0.15) is 4.98 Å². The molecule has 0 unspecified atom stereocenters. The van der Waals surface area contributed by atoms with Gasteiger partial charge in [0, 0.05) is 12.5 Å². The Morgan fingerprint density at radius 1 is 1.23 bits per heavy atom. The first kappa shape index (κ1) is 15.2. The van der Waals surface area contributed by atoms with E-state index in [4.69, 9.17) is 23.2 Å². The third kappa shape index (κ3) is 2.45. The molecule has 0 saturated carbocycles. The molecule has 6 nitrogen and oxygen atoms in total. The molecule has 2 aromatic heterocycles. The monoisotopic (exact) mass is 356 g/mol. The largest absolute Gasteiger partial charge is 0.248 e. The molecule has 0 aliphatic heterocycles. The molecular weight excluding hydrogens is 347 g/mol. The maximum atomic E-state index is 11.5. The van der Waals surface area contributed by atoms with Crippen LogP contribution in [0, 0.1) is 6.92 Å². The van der Waals surface area contributed by atoms with E-state index in [1.54, 1.807) is 22.9 Å². The Morgan fingerprint density at radius 2 is 1.95 bits per heavy atom. The fraction of sp³-hybridized carbons (Fsp3) is 0.154. The van der Waals surface area contributed by atoms with E-state index in [1.807, 2.05) is 6.92 Å². The van der Waals surface area contributed by atoms with E-state index in [2.05, 4.69) is 15.1 Å². The van der Waals surface area contributed by atoms with Crippen molar-refractivity contribution < 1.29 is 8.42 Å². The molecule has 0 aliphatic carbocycles. The van der Waals surface area contributed by atoms with Crippen molar-refractivity contribution in [3.8, 4) is 5.69 Å². The SMILES string of the molecule is Cc1c2cnc(S(C)(=O)=O)nc2nn1-c1cccc(Cl)c1Cl. The lowest BCUT2D eigenvalue weighted by Crippen LogP contribution is -2.03. The maximum Gasteiger partial charge on any atom is 0.248 e. The van der Waals surface area contributed by atoms with Crippen LogP contribution in [0.3, 0.4) is 0 Å². The molecule has 0 aliphatic rings. The summed E-state index contributed by atoms with van der Waals surface area (Å²) in [5.41, 5.74) is 1.61. The summed E-state index contributed by atoms with van der Waals surface area (Å²) in [6.45, 7) is 1.82. The number of hydrogen-bond donors (Lipinski definition) is 0. The molecule has 2 heterocycles. The summed E-state index contributed by atoms with van der Waals surface area (Å²) in [5.74, 6) is 0. The van der Waals surface area contributed by atoms with E-state index >= 15 is 0 Å². The Hall–Kier alpha value is -1.70. The van der Waals surface area contributed by atoms with Crippen LogP contribution < -0.4 is 0 Å². The number of nitrogens with zero attached hydrogens (tertiary/aromatic N) is 4. The van der Waals surface area contributed by atoms with Gasteiger partial charge >= 0.3 is 0 Å². The third-order valence-electron chi connectivity index (χ3n) is 3.14. The van der Waals surface area contributed by atoms with Gasteiger partial charge in [-0.1, -0.05) is 29.3 Å². The number of aromatic nitrogens is 4. The Kier molecular flexibility index (Phi) is 3.58. The second-order valence-electron chi connectivity index (χ2n) is 4.73. The maximum absolute atomic E-state index is 11.5. The Labute approximate surface area is 136 Å². The van der Waals surface area contributed by atoms with Gasteiger partial charge < -0.3 is 0 Å². The van der Waals surface area contributed by atoms with Gasteiger partial charge in [0.2, 0.25) is 15.0 Å². The van der Waals surface area contributed by atoms with E-state index in [1.165, 1.54) is 6.20 Å². The standard InChI is InChI=1S/C13H10Cl2N4O2S/c1-7-8-6-16-13(22(2,20)21)17-12(8)18-19(7)10-5-3-4-9(14)11(10)15/h3-6H,1-2H3. The summed E-state index contributed by atoms with van der Waals surface area (Å²) in [5, 5.41) is 5.46. The highest BCUT2D eigenvalue weighted by Gasteiger charge is 2.17. The van der Waals surface area contributed by atoms with Gasteiger partial charge in [0.05, 0.1) is 26.8 Å². The minimum Gasteiger partial charge on any atom is -0.234 e. The van der Waals surface area contributed by atoms with Crippen LogP contribution in [0.4, 0.5) is 0 Å². The molecule has 0 saturated heterocycles. The van der Waals surface area contributed by atoms with Crippen molar-refractivity contribution in [3.05, 3.63) is 40.1 Å². The fourth-order valence-electron chi connectivity index (χ4n) is 2.04. The van der Waals surface area contributed by atoms with Gasteiger partial charge in [0.25, 0.3) is 0 Å². The highest BCUT2D eigenvalue weighted by Crippen LogP contribution is 2.30. The number of hydrogen-bond acceptors (Lipinski definition) is 5. The highest BCUT2D eigenvalue weighted by atomic mass is 35.5. The summed E-state index contributed by atoms with van der Waals surface area (Å²) in [6.07, 6.45) is 2.49. The predicted octanol–water partition coefficient (Wildman–Crippen LogP) is 2.83. The van der Waals surface area contributed by atoms with Crippen LogP contribution in [0.1, 0.15) is 5.69 Å². The first-order valence-electron chi connectivity index (χ1n) is 6.16. The lowest BCUT2D eigenvalue weighted by molar-refractivity contribution is 0.593. The summed E-state index contributed by atoms with van der Waals surface area (Å²) < 4.78 is 24.6. The fourth-order valence-corrected chi connectivity index (χ4v) is 2.91. The molecule has 3 rings (SSSR count). The molecule has 0 fully saturated rings. The number of fused-ring (bicyclic) bond motifs is 1. The zero-order valence-electron chi connectivity index (χ0n) is 11.6. The van der Waals surface area contributed by atoms with Crippen LogP contribution in [0.2, 0.25) is 10.0 Å². The quantitative estimate of drug-likeness (QED) is 0.659. The third-order valence-corrected chi connectivity index (χ3v) is 4.81. The first-order valence-corrected chi connectivity index (χ1v) is 8.80. The Morgan fingerprint density at radius 3 is 2.64 bits per heavy atom. The summed E-state index contributed by atoms with van der Waals surface area (Å²) >= 11 is 12.2. The molecule has 0 N–H and O–H groups in total. The number of rotatable bonds is 2.